The van der Waals surface area contributed by atoms with E-state index in [9.17, 15) is 14.4 Å². The molecule has 1 aliphatic rings. The molecule has 0 spiro atoms. The standard InChI is InChI=1S/C9H10N2O3/c1-3-4-8(13)11-5-7(12)10-9(14)6(11)2/h6H,5H2,1-2H3,(H,10,12,14). The van der Waals surface area contributed by atoms with Crippen molar-refractivity contribution < 1.29 is 14.4 Å². The molecule has 3 amide bonds. The Bertz CT molecular complexity index is 351. The van der Waals surface area contributed by atoms with Crippen molar-refractivity contribution in [1.29, 1.82) is 0 Å². The number of hydrogen-bond acceptors (Lipinski definition) is 3. The van der Waals surface area contributed by atoms with Crippen molar-refractivity contribution in [2.75, 3.05) is 6.54 Å². The SMILES string of the molecule is CC#CC(=O)N1CC(=O)NC(=O)C1C. The molecule has 5 nitrogen and oxygen atoms in total. The van der Waals surface area contributed by atoms with Crippen LogP contribution < -0.4 is 5.32 Å². The predicted molar refractivity (Wildman–Crippen MR) is 47.8 cm³/mol. The second-order valence-corrected chi connectivity index (χ2v) is 2.90. The van der Waals surface area contributed by atoms with Gasteiger partial charge >= 0.3 is 0 Å². The monoisotopic (exact) mass is 194 g/mol. The van der Waals surface area contributed by atoms with Gasteiger partial charge in [-0.15, -0.1) is 0 Å². The lowest BCUT2D eigenvalue weighted by atomic mass is 10.2. The molecule has 1 aliphatic heterocycles. The van der Waals surface area contributed by atoms with Gasteiger partial charge in [-0.25, -0.2) is 0 Å². The minimum Gasteiger partial charge on any atom is -0.311 e. The molecule has 14 heavy (non-hydrogen) atoms. The first-order chi connectivity index (χ1) is 6.56. The van der Waals surface area contributed by atoms with Crippen LogP contribution in [-0.2, 0) is 14.4 Å². The zero-order chi connectivity index (χ0) is 10.7. The second kappa shape index (κ2) is 3.92. The maximum absolute atomic E-state index is 11.3. The van der Waals surface area contributed by atoms with Crippen LogP contribution in [-0.4, -0.2) is 35.2 Å². The molecule has 1 rings (SSSR count). The fraction of sp³-hybridized carbons (Fsp3) is 0.444. The molecule has 1 unspecified atom stereocenters. The molecule has 0 aromatic rings. The molecular formula is C9H10N2O3. The van der Waals surface area contributed by atoms with Crippen molar-refractivity contribution in [1.82, 2.24) is 10.2 Å². The maximum atomic E-state index is 11.3. The molecule has 0 bridgehead atoms. The minimum absolute atomic E-state index is 0.111. The predicted octanol–water partition coefficient (Wildman–Crippen LogP) is -1.12. The Labute approximate surface area is 81.4 Å². The van der Waals surface area contributed by atoms with Crippen molar-refractivity contribution in [2.24, 2.45) is 0 Å². The fourth-order valence-electron chi connectivity index (χ4n) is 1.14. The highest BCUT2D eigenvalue weighted by Crippen LogP contribution is 2.04. The van der Waals surface area contributed by atoms with Gasteiger partial charge < -0.3 is 4.90 Å². The van der Waals surface area contributed by atoms with Crippen molar-refractivity contribution in [3.63, 3.8) is 0 Å². The van der Waals surface area contributed by atoms with Crippen LogP contribution in [0.4, 0.5) is 0 Å². The number of hydrogen-bond donors (Lipinski definition) is 1. The first-order valence-electron chi connectivity index (χ1n) is 4.13. The molecule has 0 aromatic carbocycles. The third kappa shape index (κ3) is 1.91. The molecule has 1 N–H and O–H groups in total. The average molecular weight is 194 g/mol. The van der Waals surface area contributed by atoms with Crippen LogP contribution in [0.3, 0.4) is 0 Å². The molecule has 1 saturated heterocycles. The molecular weight excluding hydrogens is 184 g/mol. The second-order valence-electron chi connectivity index (χ2n) is 2.90. The smallest absolute Gasteiger partial charge is 0.299 e. The Kier molecular flexibility index (Phi) is 2.87. The van der Waals surface area contributed by atoms with Gasteiger partial charge in [0.15, 0.2) is 0 Å². The first-order valence-corrected chi connectivity index (χ1v) is 4.13. The van der Waals surface area contributed by atoms with Gasteiger partial charge in [0.2, 0.25) is 11.8 Å². The Hall–Kier alpha value is -1.83. The quantitative estimate of drug-likeness (QED) is 0.392. The van der Waals surface area contributed by atoms with Crippen molar-refractivity contribution >= 4 is 17.7 Å². The van der Waals surface area contributed by atoms with E-state index < -0.39 is 23.8 Å². The molecule has 74 valence electrons. The van der Waals surface area contributed by atoms with Crippen LogP contribution in [0.5, 0.6) is 0 Å². The van der Waals surface area contributed by atoms with Crippen LogP contribution in [0.25, 0.3) is 0 Å². The van der Waals surface area contributed by atoms with E-state index in [0.717, 1.165) is 4.90 Å². The van der Waals surface area contributed by atoms with E-state index in [1.54, 1.807) is 6.92 Å². The molecule has 0 radical (unpaired) electrons. The number of carbonyl (C=O) groups is 3. The van der Waals surface area contributed by atoms with Crippen LogP contribution in [0, 0.1) is 11.8 Å². The van der Waals surface area contributed by atoms with Crippen LogP contribution in [0.2, 0.25) is 0 Å². The Balaban J connectivity index is 2.84. The van der Waals surface area contributed by atoms with Crippen molar-refractivity contribution in [2.45, 2.75) is 19.9 Å². The normalized spacial score (nSPS) is 21.0. The summed E-state index contributed by atoms with van der Waals surface area (Å²) in [5.41, 5.74) is 0. The fourth-order valence-corrected chi connectivity index (χ4v) is 1.14. The Morgan fingerprint density at radius 3 is 2.79 bits per heavy atom. The summed E-state index contributed by atoms with van der Waals surface area (Å²) in [7, 11) is 0. The first kappa shape index (κ1) is 10.3. The van der Waals surface area contributed by atoms with Gasteiger partial charge in [0.1, 0.15) is 12.6 Å². The summed E-state index contributed by atoms with van der Waals surface area (Å²) in [5, 5.41) is 2.14. The van der Waals surface area contributed by atoms with Gasteiger partial charge in [-0.05, 0) is 19.8 Å². The largest absolute Gasteiger partial charge is 0.311 e. The maximum Gasteiger partial charge on any atom is 0.299 e. The summed E-state index contributed by atoms with van der Waals surface area (Å²) < 4.78 is 0. The third-order valence-corrected chi connectivity index (χ3v) is 1.92. The van der Waals surface area contributed by atoms with E-state index in [-0.39, 0.29) is 6.54 Å². The van der Waals surface area contributed by atoms with Crippen LogP contribution in [0.15, 0.2) is 0 Å². The summed E-state index contributed by atoms with van der Waals surface area (Å²) in [6.45, 7) is 2.96. The molecule has 0 saturated carbocycles. The lowest BCUT2D eigenvalue weighted by Crippen LogP contribution is -2.58. The van der Waals surface area contributed by atoms with E-state index >= 15 is 0 Å². The van der Waals surface area contributed by atoms with Crippen LogP contribution in [0.1, 0.15) is 13.8 Å². The summed E-state index contributed by atoms with van der Waals surface area (Å²) in [4.78, 5) is 34.6. The van der Waals surface area contributed by atoms with E-state index in [0.29, 0.717) is 0 Å². The highest BCUT2D eigenvalue weighted by Gasteiger charge is 2.32. The number of piperazine rings is 1. The van der Waals surface area contributed by atoms with Crippen LogP contribution >= 0.6 is 0 Å². The molecule has 5 heteroatoms. The van der Waals surface area contributed by atoms with E-state index in [1.807, 2.05) is 0 Å². The van der Waals surface area contributed by atoms with Gasteiger partial charge in [-0.1, -0.05) is 5.92 Å². The zero-order valence-corrected chi connectivity index (χ0v) is 7.96. The lowest BCUT2D eigenvalue weighted by Gasteiger charge is -2.29. The number of imide groups is 1. The molecule has 1 fully saturated rings. The average Bonchev–Trinajstić information content (AvgIpc) is 2.11. The van der Waals surface area contributed by atoms with Gasteiger partial charge in [0.25, 0.3) is 5.91 Å². The number of amides is 3. The summed E-state index contributed by atoms with van der Waals surface area (Å²) in [5.74, 6) is 3.29. The number of nitrogens with zero attached hydrogens (tertiary/aromatic N) is 1. The third-order valence-electron chi connectivity index (χ3n) is 1.92. The Morgan fingerprint density at radius 1 is 1.57 bits per heavy atom. The van der Waals surface area contributed by atoms with Crippen molar-refractivity contribution in [3.8, 4) is 11.8 Å². The Morgan fingerprint density at radius 2 is 2.21 bits per heavy atom. The highest BCUT2D eigenvalue weighted by molar-refractivity contribution is 6.06. The van der Waals surface area contributed by atoms with Gasteiger partial charge in [0.05, 0.1) is 0 Å². The van der Waals surface area contributed by atoms with Gasteiger partial charge in [-0.3, -0.25) is 19.7 Å². The highest BCUT2D eigenvalue weighted by atomic mass is 16.2. The van der Waals surface area contributed by atoms with E-state index in [1.165, 1.54) is 6.92 Å². The number of rotatable bonds is 0. The zero-order valence-electron chi connectivity index (χ0n) is 7.96. The number of nitrogens with one attached hydrogen (secondary N) is 1. The molecule has 1 atom stereocenters. The molecule has 0 aliphatic carbocycles. The molecule has 0 aromatic heterocycles. The van der Waals surface area contributed by atoms with E-state index in [4.69, 9.17) is 0 Å². The van der Waals surface area contributed by atoms with Gasteiger partial charge in [0, 0.05) is 0 Å². The lowest BCUT2D eigenvalue weighted by molar-refractivity contribution is -0.146. The van der Waals surface area contributed by atoms with Crippen molar-refractivity contribution in [3.05, 3.63) is 0 Å². The summed E-state index contributed by atoms with van der Waals surface area (Å²) in [6.07, 6.45) is 0. The van der Waals surface area contributed by atoms with Gasteiger partial charge in [-0.2, -0.15) is 0 Å². The van der Waals surface area contributed by atoms with E-state index in [2.05, 4.69) is 17.2 Å². The molecule has 1 heterocycles. The topological polar surface area (TPSA) is 66.5 Å². The summed E-state index contributed by atoms with van der Waals surface area (Å²) in [6, 6.07) is -0.638. The summed E-state index contributed by atoms with van der Waals surface area (Å²) >= 11 is 0. The minimum atomic E-state index is -0.638. The number of carbonyl (C=O) groups excluding carboxylic acids is 3.